The van der Waals surface area contributed by atoms with Gasteiger partial charge in [0.2, 0.25) is 5.91 Å². The molecule has 4 rings (SSSR count). The van der Waals surface area contributed by atoms with E-state index in [4.69, 9.17) is 0 Å². The minimum Gasteiger partial charge on any atom is -0.480 e. The highest BCUT2D eigenvalue weighted by Crippen LogP contribution is 2.39. The Hall–Kier alpha value is -2.70. The van der Waals surface area contributed by atoms with Crippen molar-refractivity contribution < 1.29 is 14.7 Å². The second-order valence-corrected chi connectivity index (χ2v) is 7.20. The molecular formula is C19H21N3O4. The molecule has 1 saturated carbocycles. The van der Waals surface area contributed by atoms with E-state index in [0.29, 0.717) is 17.3 Å². The Bertz CT molecular complexity index is 922. The molecule has 1 N–H and O–H groups in total. The summed E-state index contributed by atoms with van der Waals surface area (Å²) in [5.74, 6) is -1.03. The van der Waals surface area contributed by atoms with Crippen LogP contribution in [0, 0.1) is 5.92 Å². The first kappa shape index (κ1) is 16.8. The lowest BCUT2D eigenvalue weighted by Crippen LogP contribution is -2.48. The molecule has 0 bridgehead atoms. The zero-order chi connectivity index (χ0) is 18.3. The second kappa shape index (κ2) is 6.55. The fourth-order valence-electron chi connectivity index (χ4n) is 4.49. The van der Waals surface area contributed by atoms with E-state index in [-0.39, 0.29) is 30.0 Å². The van der Waals surface area contributed by atoms with E-state index in [2.05, 4.69) is 4.98 Å². The lowest BCUT2D eigenvalue weighted by atomic mass is 9.85. The van der Waals surface area contributed by atoms with Gasteiger partial charge in [0.05, 0.1) is 17.2 Å². The van der Waals surface area contributed by atoms with E-state index >= 15 is 0 Å². The van der Waals surface area contributed by atoms with Gasteiger partial charge in [-0.25, -0.2) is 9.78 Å². The summed E-state index contributed by atoms with van der Waals surface area (Å²) in [6.07, 6.45) is 5.78. The van der Waals surface area contributed by atoms with Gasteiger partial charge in [0.25, 0.3) is 5.56 Å². The monoisotopic (exact) mass is 355 g/mol. The SMILES string of the molecule is O=C(O)C1CC2CCCCC2N1C(=O)Cn1cnc2ccccc2c1=O. The maximum absolute atomic E-state index is 12.9. The van der Waals surface area contributed by atoms with Crippen molar-refractivity contribution in [1.29, 1.82) is 0 Å². The van der Waals surface area contributed by atoms with Crippen LogP contribution in [0.1, 0.15) is 32.1 Å². The molecule has 1 aliphatic heterocycles. The number of aliphatic carboxylic acids is 1. The lowest BCUT2D eigenvalue weighted by Gasteiger charge is -2.33. The van der Waals surface area contributed by atoms with E-state index < -0.39 is 12.0 Å². The van der Waals surface area contributed by atoms with Gasteiger partial charge >= 0.3 is 5.97 Å². The Morgan fingerprint density at radius 1 is 1.19 bits per heavy atom. The number of carbonyl (C=O) groups is 2. The van der Waals surface area contributed by atoms with Crippen LogP contribution in [0.2, 0.25) is 0 Å². The fourth-order valence-corrected chi connectivity index (χ4v) is 4.49. The van der Waals surface area contributed by atoms with Gasteiger partial charge in [0.15, 0.2) is 0 Å². The van der Waals surface area contributed by atoms with E-state index in [9.17, 15) is 19.5 Å². The van der Waals surface area contributed by atoms with E-state index in [1.165, 1.54) is 15.8 Å². The van der Waals surface area contributed by atoms with Gasteiger partial charge in [-0.2, -0.15) is 0 Å². The van der Waals surface area contributed by atoms with Gasteiger partial charge in [0, 0.05) is 6.04 Å². The molecule has 2 aromatic rings. The third-order valence-electron chi connectivity index (χ3n) is 5.70. The van der Waals surface area contributed by atoms with Crippen LogP contribution < -0.4 is 5.56 Å². The van der Waals surface area contributed by atoms with Gasteiger partial charge in [-0.1, -0.05) is 25.0 Å². The smallest absolute Gasteiger partial charge is 0.326 e. The van der Waals surface area contributed by atoms with Gasteiger partial charge in [0.1, 0.15) is 12.6 Å². The highest BCUT2D eigenvalue weighted by molar-refractivity contribution is 5.85. The number of hydrogen-bond donors (Lipinski definition) is 1. The molecule has 1 aliphatic carbocycles. The van der Waals surface area contributed by atoms with Crippen molar-refractivity contribution in [3.05, 3.63) is 40.9 Å². The van der Waals surface area contributed by atoms with Crippen molar-refractivity contribution in [2.45, 2.75) is 50.7 Å². The van der Waals surface area contributed by atoms with Crippen LogP contribution in [0.25, 0.3) is 10.9 Å². The molecule has 136 valence electrons. The average molecular weight is 355 g/mol. The summed E-state index contributed by atoms with van der Waals surface area (Å²) in [4.78, 5) is 43.0. The van der Waals surface area contributed by atoms with Crippen LogP contribution >= 0.6 is 0 Å². The Morgan fingerprint density at radius 3 is 2.77 bits per heavy atom. The molecule has 0 radical (unpaired) electrons. The molecule has 2 fully saturated rings. The summed E-state index contributed by atoms with van der Waals surface area (Å²) in [6, 6.07) is 6.16. The number of aromatic nitrogens is 2. The minimum absolute atomic E-state index is 0.0264. The summed E-state index contributed by atoms with van der Waals surface area (Å²) in [5, 5.41) is 10.0. The number of para-hydroxylation sites is 1. The first-order valence-corrected chi connectivity index (χ1v) is 9.04. The Balaban J connectivity index is 1.63. The van der Waals surface area contributed by atoms with Crippen LogP contribution in [0.5, 0.6) is 0 Å². The molecule has 3 atom stereocenters. The van der Waals surface area contributed by atoms with Crippen molar-refractivity contribution in [3.63, 3.8) is 0 Å². The Labute approximate surface area is 150 Å². The maximum Gasteiger partial charge on any atom is 0.326 e. The van der Waals surface area contributed by atoms with Gasteiger partial charge in [-0.15, -0.1) is 0 Å². The number of nitrogens with zero attached hydrogens (tertiary/aromatic N) is 3. The predicted molar refractivity (Wildman–Crippen MR) is 94.6 cm³/mol. The zero-order valence-corrected chi connectivity index (χ0v) is 14.4. The predicted octanol–water partition coefficient (Wildman–Crippen LogP) is 1.64. The van der Waals surface area contributed by atoms with Crippen molar-refractivity contribution in [3.8, 4) is 0 Å². The number of benzene rings is 1. The highest BCUT2D eigenvalue weighted by atomic mass is 16.4. The molecule has 7 nitrogen and oxygen atoms in total. The lowest BCUT2D eigenvalue weighted by molar-refractivity contribution is -0.150. The maximum atomic E-state index is 12.9. The van der Waals surface area contributed by atoms with Gasteiger partial charge < -0.3 is 10.0 Å². The molecule has 2 heterocycles. The third kappa shape index (κ3) is 2.77. The van der Waals surface area contributed by atoms with Crippen LogP contribution in [0.3, 0.4) is 0 Å². The number of carbonyl (C=O) groups excluding carboxylic acids is 1. The minimum atomic E-state index is -0.961. The number of carboxylic acids is 1. The zero-order valence-electron chi connectivity index (χ0n) is 14.4. The summed E-state index contributed by atoms with van der Waals surface area (Å²) in [6.45, 7) is -0.177. The summed E-state index contributed by atoms with van der Waals surface area (Å²) in [5.41, 5.74) is 0.299. The molecule has 0 spiro atoms. The fraction of sp³-hybridized carbons (Fsp3) is 0.474. The van der Waals surface area contributed by atoms with Gasteiger partial charge in [-0.05, 0) is 37.3 Å². The van der Waals surface area contributed by atoms with Crippen LogP contribution in [0.15, 0.2) is 35.4 Å². The van der Waals surface area contributed by atoms with Crippen molar-refractivity contribution in [2.24, 2.45) is 5.92 Å². The Kier molecular flexibility index (Phi) is 4.22. The second-order valence-electron chi connectivity index (χ2n) is 7.20. The number of carboxylic acid groups (broad SMARTS) is 1. The van der Waals surface area contributed by atoms with Gasteiger partial charge in [-0.3, -0.25) is 14.2 Å². The number of rotatable bonds is 3. The molecule has 26 heavy (non-hydrogen) atoms. The molecule has 1 aromatic carbocycles. The number of likely N-dealkylation sites (tertiary alicyclic amines) is 1. The first-order chi connectivity index (χ1) is 12.6. The number of hydrogen-bond acceptors (Lipinski definition) is 4. The molecule has 1 saturated heterocycles. The molecule has 3 unspecified atom stereocenters. The number of fused-ring (bicyclic) bond motifs is 2. The van der Waals surface area contributed by atoms with Crippen LogP contribution in [-0.4, -0.2) is 43.5 Å². The number of amides is 1. The summed E-state index contributed by atoms with van der Waals surface area (Å²) >= 11 is 0. The summed E-state index contributed by atoms with van der Waals surface area (Å²) < 4.78 is 1.28. The van der Waals surface area contributed by atoms with Crippen molar-refractivity contribution in [2.75, 3.05) is 0 Å². The molecular weight excluding hydrogens is 334 g/mol. The first-order valence-electron chi connectivity index (χ1n) is 9.04. The average Bonchev–Trinajstić information content (AvgIpc) is 3.04. The van der Waals surface area contributed by atoms with Crippen molar-refractivity contribution in [1.82, 2.24) is 14.5 Å². The quantitative estimate of drug-likeness (QED) is 0.904. The van der Waals surface area contributed by atoms with E-state index in [0.717, 1.165) is 25.7 Å². The largest absolute Gasteiger partial charge is 0.480 e. The van der Waals surface area contributed by atoms with E-state index in [1.54, 1.807) is 24.3 Å². The van der Waals surface area contributed by atoms with Crippen LogP contribution in [0.4, 0.5) is 0 Å². The summed E-state index contributed by atoms with van der Waals surface area (Å²) in [7, 11) is 0. The molecule has 7 heteroatoms. The Morgan fingerprint density at radius 2 is 1.96 bits per heavy atom. The molecule has 1 aromatic heterocycles. The standard InChI is InChI=1S/C19H21N3O4/c23-17(10-21-11-20-14-7-3-2-6-13(14)18(21)24)22-15-8-4-1-5-12(15)9-16(22)19(25)26/h2-3,6-7,11-12,15-16H,1,4-5,8-10H2,(H,25,26). The molecule has 2 aliphatic rings. The molecule has 1 amide bonds. The normalized spacial score (nSPS) is 25.2. The topological polar surface area (TPSA) is 92.5 Å². The highest BCUT2D eigenvalue weighted by Gasteiger charge is 2.47. The van der Waals surface area contributed by atoms with Crippen LogP contribution in [-0.2, 0) is 16.1 Å². The van der Waals surface area contributed by atoms with E-state index in [1.807, 2.05) is 0 Å². The van der Waals surface area contributed by atoms with Crippen molar-refractivity contribution >= 4 is 22.8 Å². The third-order valence-corrected chi connectivity index (χ3v) is 5.70.